The van der Waals surface area contributed by atoms with E-state index in [4.69, 9.17) is 0 Å². The number of nitrogens with zero attached hydrogens (tertiary/aromatic N) is 1. The first-order chi connectivity index (χ1) is 14.7. The average Bonchev–Trinajstić information content (AvgIpc) is 3.34. The Morgan fingerprint density at radius 3 is 1.55 bits per heavy atom. The number of benzene rings is 2. The van der Waals surface area contributed by atoms with Gasteiger partial charge in [-0.15, -0.1) is 0 Å². The third-order valence-corrected chi connectivity index (χ3v) is 5.58. The summed E-state index contributed by atoms with van der Waals surface area (Å²) in [6.45, 7) is 5.31. The molecule has 4 aromatic rings. The number of rotatable bonds is 2. The Morgan fingerprint density at radius 2 is 1.16 bits per heavy atom. The molecule has 0 unspecified atom stereocenters. The van der Waals surface area contributed by atoms with Crippen LogP contribution in [0.1, 0.15) is 31.9 Å². The summed E-state index contributed by atoms with van der Waals surface area (Å²) in [5.41, 5.74) is 1.70. The van der Waals surface area contributed by atoms with Crippen molar-refractivity contribution in [3.8, 4) is 0 Å². The number of nitrogens with one attached hydrogen (secondary N) is 2. The second-order valence-electron chi connectivity index (χ2n) is 8.65. The number of carbonyl (C=O) groups is 2. The molecule has 156 valence electrons. The largest absolute Gasteiger partial charge is 0.361 e. The van der Waals surface area contributed by atoms with Gasteiger partial charge >= 0.3 is 0 Å². The Kier molecular flexibility index (Phi) is 3.96. The Morgan fingerprint density at radius 1 is 0.742 bits per heavy atom. The first-order valence-corrected chi connectivity index (χ1v) is 9.84. The van der Waals surface area contributed by atoms with E-state index in [9.17, 15) is 18.4 Å². The molecule has 1 aliphatic rings. The highest BCUT2D eigenvalue weighted by atomic mass is 19.1. The maximum atomic E-state index is 14.0. The number of fused-ring (bicyclic) bond motifs is 2. The highest BCUT2D eigenvalue weighted by Gasteiger charge is 2.45. The lowest BCUT2D eigenvalue weighted by Gasteiger charge is -2.30. The van der Waals surface area contributed by atoms with E-state index in [0.717, 1.165) is 0 Å². The first-order valence-electron chi connectivity index (χ1n) is 9.84. The van der Waals surface area contributed by atoms with E-state index in [1.54, 1.807) is 45.3 Å². The van der Waals surface area contributed by atoms with Crippen molar-refractivity contribution in [3.63, 3.8) is 0 Å². The standard InChI is InChI=1S/C24H19F2N3O2/c1-24(2,3)29-22(30)20(16-10-27-18-6-4-12(25)8-14(16)18)21(23(29)31)17-11-28-19-7-5-13(26)9-15(17)19/h4-11,27-28H,1-3H3. The van der Waals surface area contributed by atoms with Crippen LogP contribution in [-0.2, 0) is 9.59 Å². The summed E-state index contributed by atoms with van der Waals surface area (Å²) in [6.07, 6.45) is 3.21. The molecule has 0 fully saturated rings. The van der Waals surface area contributed by atoms with E-state index in [1.165, 1.54) is 29.2 Å². The van der Waals surface area contributed by atoms with Crippen LogP contribution in [0.25, 0.3) is 33.0 Å². The van der Waals surface area contributed by atoms with Crippen molar-refractivity contribution in [1.29, 1.82) is 0 Å². The predicted octanol–water partition coefficient (Wildman–Crippen LogP) is 5.01. The SMILES string of the molecule is CC(C)(C)N1C(=O)C(c2c[nH]c3ccc(F)cc23)=C(c2c[nH]c3ccc(F)cc23)C1=O. The lowest BCUT2D eigenvalue weighted by molar-refractivity contribution is -0.141. The van der Waals surface area contributed by atoms with E-state index in [2.05, 4.69) is 9.97 Å². The Hall–Kier alpha value is -3.74. The number of aromatic nitrogens is 2. The lowest BCUT2D eigenvalue weighted by atomic mass is 9.95. The summed E-state index contributed by atoms with van der Waals surface area (Å²) in [5, 5.41) is 0.992. The van der Waals surface area contributed by atoms with Gasteiger partial charge in [-0.3, -0.25) is 14.5 Å². The molecule has 7 heteroatoms. The zero-order chi connectivity index (χ0) is 22.1. The normalized spacial score (nSPS) is 15.2. The van der Waals surface area contributed by atoms with Gasteiger partial charge in [-0.2, -0.15) is 0 Å². The van der Waals surface area contributed by atoms with Crippen LogP contribution in [0.3, 0.4) is 0 Å². The van der Waals surface area contributed by atoms with Crippen LogP contribution < -0.4 is 0 Å². The number of hydrogen-bond acceptors (Lipinski definition) is 2. The molecule has 1 aliphatic heterocycles. The van der Waals surface area contributed by atoms with E-state index >= 15 is 0 Å². The highest BCUT2D eigenvalue weighted by molar-refractivity contribution is 6.50. The third kappa shape index (κ3) is 2.80. The van der Waals surface area contributed by atoms with Crippen LogP contribution in [0.2, 0.25) is 0 Å². The van der Waals surface area contributed by atoms with E-state index in [0.29, 0.717) is 32.9 Å². The van der Waals surface area contributed by atoms with Crippen LogP contribution in [0.15, 0.2) is 48.8 Å². The number of halogens is 2. The Bertz CT molecular complexity index is 1330. The Balaban J connectivity index is 1.86. The molecule has 2 N–H and O–H groups in total. The van der Waals surface area contributed by atoms with E-state index in [-0.39, 0.29) is 11.1 Å². The summed E-state index contributed by atoms with van der Waals surface area (Å²) in [6, 6.07) is 8.47. The second kappa shape index (κ2) is 6.38. The average molecular weight is 419 g/mol. The van der Waals surface area contributed by atoms with Gasteiger partial charge in [0, 0.05) is 50.9 Å². The van der Waals surface area contributed by atoms with Crippen molar-refractivity contribution >= 4 is 44.8 Å². The van der Waals surface area contributed by atoms with Gasteiger partial charge < -0.3 is 9.97 Å². The van der Waals surface area contributed by atoms with Gasteiger partial charge in [0.2, 0.25) is 0 Å². The number of hydrogen-bond donors (Lipinski definition) is 2. The van der Waals surface area contributed by atoms with Crippen LogP contribution in [0.5, 0.6) is 0 Å². The fraction of sp³-hybridized carbons (Fsp3) is 0.167. The van der Waals surface area contributed by atoms with E-state index < -0.39 is 29.0 Å². The minimum Gasteiger partial charge on any atom is -0.361 e. The van der Waals surface area contributed by atoms with Crippen LogP contribution in [0, 0.1) is 11.6 Å². The molecule has 5 nitrogen and oxygen atoms in total. The van der Waals surface area contributed by atoms with Crippen molar-refractivity contribution in [2.75, 3.05) is 0 Å². The van der Waals surface area contributed by atoms with Crippen molar-refractivity contribution < 1.29 is 18.4 Å². The van der Waals surface area contributed by atoms with Gasteiger partial charge in [-0.05, 0) is 57.2 Å². The topological polar surface area (TPSA) is 69.0 Å². The van der Waals surface area contributed by atoms with Crippen LogP contribution in [0.4, 0.5) is 8.78 Å². The van der Waals surface area contributed by atoms with Crippen molar-refractivity contribution in [1.82, 2.24) is 14.9 Å². The zero-order valence-corrected chi connectivity index (χ0v) is 17.1. The van der Waals surface area contributed by atoms with Gasteiger partial charge in [-0.25, -0.2) is 8.78 Å². The highest BCUT2D eigenvalue weighted by Crippen LogP contribution is 2.42. The Labute approximate surface area is 176 Å². The molecular formula is C24H19F2N3O2. The molecule has 2 amide bonds. The molecule has 0 atom stereocenters. The molecule has 3 heterocycles. The summed E-state index contributed by atoms with van der Waals surface area (Å²) in [7, 11) is 0. The molecule has 0 bridgehead atoms. The maximum absolute atomic E-state index is 14.0. The molecule has 0 radical (unpaired) electrons. The van der Waals surface area contributed by atoms with Gasteiger partial charge in [-0.1, -0.05) is 0 Å². The van der Waals surface area contributed by atoms with Crippen molar-refractivity contribution in [2.24, 2.45) is 0 Å². The fourth-order valence-corrected chi connectivity index (χ4v) is 4.24. The van der Waals surface area contributed by atoms with Crippen molar-refractivity contribution in [2.45, 2.75) is 26.3 Å². The predicted molar refractivity (Wildman–Crippen MR) is 115 cm³/mol. The molecule has 0 spiro atoms. The number of H-pyrrole nitrogens is 2. The van der Waals surface area contributed by atoms with Crippen LogP contribution >= 0.6 is 0 Å². The smallest absolute Gasteiger partial charge is 0.262 e. The van der Waals surface area contributed by atoms with Crippen LogP contribution in [-0.4, -0.2) is 32.2 Å². The minimum absolute atomic E-state index is 0.168. The number of amides is 2. The molecule has 0 saturated carbocycles. The molecule has 2 aromatic heterocycles. The maximum Gasteiger partial charge on any atom is 0.262 e. The molecule has 5 rings (SSSR count). The molecule has 0 aliphatic carbocycles. The third-order valence-electron chi connectivity index (χ3n) is 5.58. The van der Waals surface area contributed by atoms with Crippen molar-refractivity contribution in [3.05, 3.63) is 71.6 Å². The lowest BCUT2D eigenvalue weighted by Crippen LogP contribution is -2.46. The zero-order valence-electron chi connectivity index (χ0n) is 17.1. The molecule has 2 aromatic carbocycles. The van der Waals surface area contributed by atoms with Gasteiger partial charge in [0.15, 0.2) is 0 Å². The van der Waals surface area contributed by atoms with Gasteiger partial charge in [0.1, 0.15) is 11.6 Å². The summed E-state index contributed by atoms with van der Waals surface area (Å²) < 4.78 is 28.0. The van der Waals surface area contributed by atoms with E-state index in [1.807, 2.05) is 0 Å². The molecular weight excluding hydrogens is 400 g/mol. The minimum atomic E-state index is -0.782. The second-order valence-corrected chi connectivity index (χ2v) is 8.65. The fourth-order valence-electron chi connectivity index (χ4n) is 4.24. The molecule has 0 saturated heterocycles. The number of aromatic amines is 2. The summed E-state index contributed by atoms with van der Waals surface area (Å²) >= 11 is 0. The first kappa shape index (κ1) is 19.2. The van der Waals surface area contributed by atoms with Gasteiger partial charge in [0.25, 0.3) is 11.8 Å². The molecule has 31 heavy (non-hydrogen) atoms. The summed E-state index contributed by atoms with van der Waals surface area (Å²) in [5.74, 6) is -1.84. The monoisotopic (exact) mass is 419 g/mol. The summed E-state index contributed by atoms with van der Waals surface area (Å²) in [4.78, 5) is 34.4. The van der Waals surface area contributed by atoms with Gasteiger partial charge in [0.05, 0.1) is 11.1 Å². The number of carbonyl (C=O) groups excluding carboxylic acids is 2. The quantitative estimate of drug-likeness (QED) is 0.449. The number of imide groups is 1.